The zero-order chi connectivity index (χ0) is 18.0. The number of alkyl halides is 3. The van der Waals surface area contributed by atoms with Gasteiger partial charge in [-0.25, -0.2) is 0 Å². The molecule has 134 valence electrons. The van der Waals surface area contributed by atoms with Crippen molar-refractivity contribution in [1.82, 2.24) is 15.5 Å². The molecule has 0 saturated carbocycles. The van der Waals surface area contributed by atoms with Gasteiger partial charge in [-0.05, 0) is 56.1 Å². The highest BCUT2D eigenvalue weighted by Crippen LogP contribution is 2.38. The molecule has 1 atom stereocenters. The number of anilines is 1. The quantitative estimate of drug-likeness (QED) is 0.790. The van der Waals surface area contributed by atoms with Crippen molar-refractivity contribution in [2.75, 3.05) is 18.4 Å². The van der Waals surface area contributed by atoms with Crippen molar-refractivity contribution in [3.8, 4) is 17.0 Å². The highest BCUT2D eigenvalue weighted by molar-refractivity contribution is 5.71. The molecule has 1 aliphatic rings. The minimum atomic E-state index is -4.51. The van der Waals surface area contributed by atoms with E-state index in [0.29, 0.717) is 23.1 Å². The topological polar surface area (TPSA) is 70.1 Å². The molecule has 1 aliphatic heterocycles. The fourth-order valence-electron chi connectivity index (χ4n) is 2.99. The molecule has 0 radical (unpaired) electrons. The molecule has 2 heterocycles. The summed E-state index contributed by atoms with van der Waals surface area (Å²) in [5, 5.41) is 24.7. The van der Waals surface area contributed by atoms with E-state index in [9.17, 15) is 18.3 Å². The average Bonchev–Trinajstić information content (AvgIpc) is 2.56. The molecule has 1 fully saturated rings. The van der Waals surface area contributed by atoms with E-state index in [2.05, 4.69) is 20.8 Å². The molecule has 5 nitrogen and oxygen atoms in total. The number of piperidine rings is 1. The Morgan fingerprint density at radius 2 is 2.04 bits per heavy atom. The highest BCUT2D eigenvalue weighted by atomic mass is 19.4. The lowest BCUT2D eigenvalue weighted by atomic mass is 10.0. The van der Waals surface area contributed by atoms with Crippen molar-refractivity contribution in [2.24, 2.45) is 0 Å². The molecule has 0 aliphatic carbocycles. The van der Waals surface area contributed by atoms with Gasteiger partial charge in [0.15, 0.2) is 0 Å². The number of aromatic hydroxyl groups is 1. The van der Waals surface area contributed by atoms with E-state index in [-0.39, 0.29) is 11.6 Å². The first-order valence-corrected chi connectivity index (χ1v) is 8.07. The summed E-state index contributed by atoms with van der Waals surface area (Å²) in [6, 6.07) is 5.34. The molecule has 1 saturated heterocycles. The number of aromatic nitrogens is 2. The minimum Gasteiger partial charge on any atom is -0.507 e. The molecule has 3 N–H and O–H groups in total. The number of nitrogens with one attached hydrogen (secondary N) is 2. The normalized spacial score (nSPS) is 18.2. The minimum absolute atomic E-state index is 0.256. The van der Waals surface area contributed by atoms with E-state index >= 15 is 0 Å². The van der Waals surface area contributed by atoms with Crippen molar-refractivity contribution < 1.29 is 18.3 Å². The number of hydrogen-bond acceptors (Lipinski definition) is 5. The first-order valence-electron chi connectivity index (χ1n) is 8.07. The van der Waals surface area contributed by atoms with Gasteiger partial charge in [-0.15, -0.1) is 10.2 Å². The Balaban J connectivity index is 1.82. The summed E-state index contributed by atoms with van der Waals surface area (Å²) >= 11 is 0. The van der Waals surface area contributed by atoms with Crippen LogP contribution in [0.25, 0.3) is 11.3 Å². The van der Waals surface area contributed by atoms with Gasteiger partial charge in [0.25, 0.3) is 0 Å². The van der Waals surface area contributed by atoms with Crippen LogP contribution in [0.15, 0.2) is 24.3 Å². The molecule has 0 spiro atoms. The second-order valence-corrected chi connectivity index (χ2v) is 6.18. The Bertz CT molecular complexity index is 718. The third-order valence-corrected chi connectivity index (χ3v) is 4.21. The first kappa shape index (κ1) is 17.5. The van der Waals surface area contributed by atoms with Crippen LogP contribution in [0.3, 0.4) is 0 Å². The lowest BCUT2D eigenvalue weighted by Crippen LogP contribution is -2.38. The summed E-state index contributed by atoms with van der Waals surface area (Å²) in [4.78, 5) is 0. The number of benzene rings is 1. The second kappa shape index (κ2) is 6.87. The van der Waals surface area contributed by atoms with Crippen LogP contribution in [0.1, 0.15) is 24.0 Å². The monoisotopic (exact) mass is 352 g/mol. The van der Waals surface area contributed by atoms with Gasteiger partial charge in [-0.1, -0.05) is 0 Å². The Labute approximate surface area is 143 Å². The number of hydrogen-bond donors (Lipinski definition) is 3. The number of aryl methyl sites for hydroxylation is 1. The predicted molar refractivity (Wildman–Crippen MR) is 88.4 cm³/mol. The maximum absolute atomic E-state index is 12.8. The molecule has 2 aromatic rings. The number of halogens is 3. The van der Waals surface area contributed by atoms with Gasteiger partial charge in [0, 0.05) is 18.2 Å². The summed E-state index contributed by atoms with van der Waals surface area (Å²) in [5.41, 5.74) is -0.0106. The van der Waals surface area contributed by atoms with Crippen molar-refractivity contribution in [1.29, 1.82) is 0 Å². The smallest absolute Gasteiger partial charge is 0.416 e. The van der Waals surface area contributed by atoms with Crippen molar-refractivity contribution in [2.45, 2.75) is 32.0 Å². The highest BCUT2D eigenvalue weighted by Gasteiger charge is 2.32. The van der Waals surface area contributed by atoms with Crippen LogP contribution in [0, 0.1) is 6.92 Å². The van der Waals surface area contributed by atoms with Gasteiger partial charge in [0.2, 0.25) is 0 Å². The van der Waals surface area contributed by atoms with E-state index in [0.717, 1.165) is 32.0 Å². The summed E-state index contributed by atoms with van der Waals surface area (Å²) < 4.78 is 38.4. The Hall–Kier alpha value is -2.35. The van der Waals surface area contributed by atoms with Gasteiger partial charge >= 0.3 is 6.18 Å². The molecule has 0 amide bonds. The lowest BCUT2D eigenvalue weighted by Gasteiger charge is -2.24. The van der Waals surface area contributed by atoms with Crippen LogP contribution in [-0.4, -0.2) is 34.4 Å². The van der Waals surface area contributed by atoms with Crippen LogP contribution in [-0.2, 0) is 6.18 Å². The Kier molecular flexibility index (Phi) is 4.80. The van der Waals surface area contributed by atoms with Gasteiger partial charge < -0.3 is 15.7 Å². The molecule has 1 aromatic heterocycles. The molecular formula is C17H19F3N4O. The zero-order valence-corrected chi connectivity index (χ0v) is 13.7. The molecular weight excluding hydrogens is 333 g/mol. The van der Waals surface area contributed by atoms with Crippen molar-refractivity contribution in [3.05, 3.63) is 35.4 Å². The van der Waals surface area contributed by atoms with E-state index in [4.69, 9.17) is 0 Å². The van der Waals surface area contributed by atoms with E-state index in [1.807, 2.05) is 0 Å². The molecule has 0 bridgehead atoms. The summed E-state index contributed by atoms with van der Waals surface area (Å²) in [5.74, 6) is 0.139. The van der Waals surface area contributed by atoms with Crippen molar-refractivity contribution >= 4 is 5.82 Å². The van der Waals surface area contributed by atoms with Gasteiger partial charge in [0.05, 0.1) is 11.3 Å². The van der Waals surface area contributed by atoms with Crippen LogP contribution in [0.2, 0.25) is 0 Å². The maximum atomic E-state index is 12.8. The average molecular weight is 352 g/mol. The molecule has 25 heavy (non-hydrogen) atoms. The SMILES string of the molecule is Cc1cc(C(F)(F)F)cc(O)c1-c1ccc(N[C@H]2CCCNC2)nn1. The number of rotatable bonds is 3. The standard InChI is InChI=1S/C17H19F3N4O/c1-10-7-11(17(18,19)20)8-14(25)16(10)13-4-5-15(24-23-13)22-12-3-2-6-21-9-12/h4-5,7-8,12,21,25H,2-3,6,9H2,1H3,(H,22,24)/t12-/m0/s1. The van der Waals surface area contributed by atoms with Gasteiger partial charge in [0.1, 0.15) is 11.6 Å². The van der Waals surface area contributed by atoms with Gasteiger partial charge in [-0.3, -0.25) is 0 Å². The molecule has 0 unspecified atom stereocenters. The number of phenols is 1. The summed E-state index contributed by atoms with van der Waals surface area (Å²) in [6.07, 6.45) is -2.38. The molecule has 8 heteroatoms. The van der Waals surface area contributed by atoms with Crippen LogP contribution in [0.4, 0.5) is 19.0 Å². The fourth-order valence-corrected chi connectivity index (χ4v) is 2.99. The van der Waals surface area contributed by atoms with Crippen LogP contribution in [0.5, 0.6) is 5.75 Å². The van der Waals surface area contributed by atoms with Crippen LogP contribution >= 0.6 is 0 Å². The molecule has 1 aromatic carbocycles. The fraction of sp³-hybridized carbons (Fsp3) is 0.412. The zero-order valence-electron chi connectivity index (χ0n) is 13.7. The first-order chi connectivity index (χ1) is 11.8. The number of phenolic OH excluding ortho intramolecular Hbond substituents is 1. The Morgan fingerprint density at radius 1 is 1.24 bits per heavy atom. The van der Waals surface area contributed by atoms with E-state index in [1.165, 1.54) is 6.92 Å². The Morgan fingerprint density at radius 3 is 2.60 bits per heavy atom. The van der Waals surface area contributed by atoms with Crippen LogP contribution < -0.4 is 10.6 Å². The van der Waals surface area contributed by atoms with E-state index < -0.39 is 17.5 Å². The molecule has 3 rings (SSSR count). The predicted octanol–water partition coefficient (Wildman–Crippen LogP) is 3.34. The second-order valence-electron chi connectivity index (χ2n) is 6.18. The van der Waals surface area contributed by atoms with Crippen molar-refractivity contribution in [3.63, 3.8) is 0 Å². The number of nitrogens with zero attached hydrogens (tertiary/aromatic N) is 2. The van der Waals surface area contributed by atoms with Gasteiger partial charge in [-0.2, -0.15) is 13.2 Å². The lowest BCUT2D eigenvalue weighted by molar-refractivity contribution is -0.137. The maximum Gasteiger partial charge on any atom is 0.416 e. The largest absolute Gasteiger partial charge is 0.507 e. The third kappa shape index (κ3) is 4.01. The summed E-state index contributed by atoms with van der Waals surface area (Å²) in [7, 11) is 0. The van der Waals surface area contributed by atoms with E-state index in [1.54, 1.807) is 12.1 Å². The summed E-state index contributed by atoms with van der Waals surface area (Å²) in [6.45, 7) is 3.36. The third-order valence-electron chi connectivity index (χ3n) is 4.21.